The highest BCUT2D eigenvalue weighted by Crippen LogP contribution is 2.19. The van der Waals surface area contributed by atoms with Crippen LogP contribution in [0.4, 0.5) is 5.82 Å². The van der Waals surface area contributed by atoms with E-state index in [9.17, 15) is 9.59 Å². The maximum Gasteiger partial charge on any atom is 0.328 e. The number of rotatable bonds is 8. The van der Waals surface area contributed by atoms with Crippen molar-refractivity contribution in [2.75, 3.05) is 44.7 Å². The summed E-state index contributed by atoms with van der Waals surface area (Å²) in [4.78, 5) is 26.3. The molecule has 1 aromatic heterocycles. The number of hydrogen-bond donors (Lipinski definition) is 3. The molecule has 1 aromatic carbocycles. The quantitative estimate of drug-likeness (QED) is 0.446. The maximum atomic E-state index is 9.55. The smallest absolute Gasteiger partial charge is 0.328 e. The van der Waals surface area contributed by atoms with Crippen LogP contribution >= 0.6 is 0 Å². The summed E-state index contributed by atoms with van der Waals surface area (Å²) in [6.45, 7) is 8.24. The first kappa shape index (κ1) is 23.3. The Labute approximate surface area is 176 Å². The Morgan fingerprint density at radius 3 is 2.47 bits per heavy atom. The molecule has 162 valence electrons. The summed E-state index contributed by atoms with van der Waals surface area (Å²) < 4.78 is 5.37. The first-order valence-corrected chi connectivity index (χ1v) is 10.00. The average molecular weight is 415 g/mol. The number of carbonyl (C=O) groups is 2. The second-order valence-electron chi connectivity index (χ2n) is 6.94. The molecule has 8 nitrogen and oxygen atoms in total. The Hall–Kier alpha value is -2.97. The van der Waals surface area contributed by atoms with E-state index in [2.05, 4.69) is 46.4 Å². The molecule has 1 fully saturated rings. The molecule has 30 heavy (non-hydrogen) atoms. The van der Waals surface area contributed by atoms with Crippen molar-refractivity contribution in [2.45, 2.75) is 19.8 Å². The number of para-hydroxylation sites is 1. The second kappa shape index (κ2) is 12.6. The van der Waals surface area contributed by atoms with Gasteiger partial charge < -0.3 is 20.3 Å². The summed E-state index contributed by atoms with van der Waals surface area (Å²) in [7, 11) is 0. The first-order chi connectivity index (χ1) is 14.5. The summed E-state index contributed by atoms with van der Waals surface area (Å²) in [6, 6.07) is 10.5. The molecule has 2 heterocycles. The van der Waals surface area contributed by atoms with Crippen LogP contribution in [0.3, 0.4) is 0 Å². The van der Waals surface area contributed by atoms with Gasteiger partial charge in [0.1, 0.15) is 5.82 Å². The number of carboxylic acid groups (broad SMARTS) is 2. The average Bonchev–Trinajstić information content (AvgIpc) is 2.73. The zero-order valence-corrected chi connectivity index (χ0v) is 17.2. The predicted octanol–water partition coefficient (Wildman–Crippen LogP) is 2.78. The van der Waals surface area contributed by atoms with Crippen LogP contribution in [0.2, 0.25) is 0 Å². The number of benzene rings is 1. The monoisotopic (exact) mass is 415 g/mol. The van der Waals surface area contributed by atoms with E-state index in [0.717, 1.165) is 44.2 Å². The van der Waals surface area contributed by atoms with Crippen molar-refractivity contribution in [1.29, 1.82) is 0 Å². The molecule has 8 heteroatoms. The number of aryl methyl sites for hydroxylation is 1. The standard InChI is InChI=1S/C18H25N3O.C4H4O4/c1-15-14-18(20-17-7-3-2-6-16(15)17)19-8-4-5-9-21-10-12-22-13-11-21;5-3(6)1-2-4(7)8/h2-3,6-7,14H,4-5,8-13H2,1H3,(H,19,20);1-2H,(H,5,6)(H,7,8)/b;2-1+. The highest BCUT2D eigenvalue weighted by atomic mass is 16.5. The van der Waals surface area contributed by atoms with Crippen molar-refractivity contribution < 1.29 is 24.5 Å². The number of nitrogens with zero attached hydrogens (tertiary/aromatic N) is 2. The van der Waals surface area contributed by atoms with Crippen LogP contribution in [0, 0.1) is 6.92 Å². The number of nitrogens with one attached hydrogen (secondary N) is 1. The largest absolute Gasteiger partial charge is 0.478 e. The van der Waals surface area contributed by atoms with Crippen molar-refractivity contribution in [3.05, 3.63) is 48.0 Å². The molecule has 1 saturated heterocycles. The van der Waals surface area contributed by atoms with Gasteiger partial charge in [-0.2, -0.15) is 0 Å². The lowest BCUT2D eigenvalue weighted by molar-refractivity contribution is -0.134. The summed E-state index contributed by atoms with van der Waals surface area (Å²) >= 11 is 0. The molecule has 3 N–H and O–H groups in total. The molecule has 0 aliphatic carbocycles. The van der Waals surface area contributed by atoms with Gasteiger partial charge in [0.05, 0.1) is 18.7 Å². The van der Waals surface area contributed by atoms with Gasteiger partial charge in [-0.05, 0) is 44.0 Å². The van der Waals surface area contributed by atoms with Crippen LogP contribution in [0.25, 0.3) is 10.9 Å². The number of aromatic nitrogens is 1. The first-order valence-electron chi connectivity index (χ1n) is 10.00. The van der Waals surface area contributed by atoms with Gasteiger partial charge in [0.25, 0.3) is 0 Å². The fraction of sp³-hybridized carbons (Fsp3) is 0.409. The van der Waals surface area contributed by atoms with E-state index >= 15 is 0 Å². The summed E-state index contributed by atoms with van der Waals surface area (Å²) in [5.41, 5.74) is 2.35. The van der Waals surface area contributed by atoms with Crippen molar-refractivity contribution in [2.24, 2.45) is 0 Å². The number of fused-ring (bicyclic) bond motifs is 1. The highest BCUT2D eigenvalue weighted by Gasteiger charge is 2.09. The normalized spacial score (nSPS) is 14.3. The minimum absolute atomic E-state index is 0.558. The number of anilines is 1. The number of pyridine rings is 1. The van der Waals surface area contributed by atoms with Gasteiger partial charge in [-0.3, -0.25) is 4.90 Å². The van der Waals surface area contributed by atoms with E-state index in [1.807, 2.05) is 6.07 Å². The number of aliphatic carboxylic acids is 2. The van der Waals surface area contributed by atoms with Gasteiger partial charge >= 0.3 is 11.9 Å². The van der Waals surface area contributed by atoms with Gasteiger partial charge in [0.2, 0.25) is 0 Å². The molecule has 1 aliphatic heterocycles. The summed E-state index contributed by atoms with van der Waals surface area (Å²) in [5.74, 6) is -1.53. The van der Waals surface area contributed by atoms with E-state index in [0.29, 0.717) is 12.2 Å². The Morgan fingerprint density at radius 2 is 1.80 bits per heavy atom. The molecule has 2 aromatic rings. The second-order valence-corrected chi connectivity index (χ2v) is 6.94. The summed E-state index contributed by atoms with van der Waals surface area (Å²) in [6.07, 6.45) is 3.51. The van der Waals surface area contributed by atoms with Gasteiger partial charge in [-0.1, -0.05) is 18.2 Å². The SMILES string of the molecule is Cc1cc(NCCCCN2CCOCC2)nc2ccccc12.O=C(O)/C=C/C(=O)O. The fourth-order valence-corrected chi connectivity index (χ4v) is 3.08. The molecule has 1 aliphatic rings. The maximum absolute atomic E-state index is 9.55. The third kappa shape index (κ3) is 8.59. The molecule has 0 radical (unpaired) electrons. The summed E-state index contributed by atoms with van der Waals surface area (Å²) in [5, 5.41) is 20.3. The Kier molecular flexibility index (Phi) is 9.76. The third-order valence-electron chi connectivity index (χ3n) is 4.60. The van der Waals surface area contributed by atoms with Crippen LogP contribution < -0.4 is 5.32 Å². The fourth-order valence-electron chi connectivity index (χ4n) is 3.08. The minimum Gasteiger partial charge on any atom is -0.478 e. The Morgan fingerprint density at radius 1 is 1.13 bits per heavy atom. The van der Waals surface area contributed by atoms with Crippen molar-refractivity contribution in [1.82, 2.24) is 9.88 Å². The molecule has 0 spiro atoms. The van der Waals surface area contributed by atoms with Crippen LogP contribution in [0.1, 0.15) is 18.4 Å². The predicted molar refractivity (Wildman–Crippen MR) is 116 cm³/mol. The molecule has 0 bridgehead atoms. The van der Waals surface area contributed by atoms with Gasteiger partial charge in [0, 0.05) is 37.2 Å². The van der Waals surface area contributed by atoms with Gasteiger partial charge in [-0.25, -0.2) is 14.6 Å². The minimum atomic E-state index is -1.26. The van der Waals surface area contributed by atoms with Gasteiger partial charge in [0.15, 0.2) is 0 Å². The van der Waals surface area contributed by atoms with E-state index in [1.54, 1.807) is 0 Å². The van der Waals surface area contributed by atoms with Crippen molar-refractivity contribution in [3.63, 3.8) is 0 Å². The van der Waals surface area contributed by atoms with Crippen LogP contribution in [0.15, 0.2) is 42.5 Å². The molecule has 0 atom stereocenters. The Balaban J connectivity index is 0.000000343. The van der Waals surface area contributed by atoms with E-state index in [4.69, 9.17) is 14.9 Å². The number of unbranched alkanes of at least 4 members (excludes halogenated alkanes) is 1. The molecule has 0 saturated carbocycles. The van der Waals surface area contributed by atoms with E-state index in [-0.39, 0.29) is 0 Å². The van der Waals surface area contributed by atoms with E-state index < -0.39 is 11.9 Å². The molecule has 0 amide bonds. The number of morpholine rings is 1. The number of hydrogen-bond acceptors (Lipinski definition) is 6. The zero-order chi connectivity index (χ0) is 21.8. The van der Waals surface area contributed by atoms with Crippen molar-refractivity contribution in [3.8, 4) is 0 Å². The third-order valence-corrected chi connectivity index (χ3v) is 4.60. The van der Waals surface area contributed by atoms with Gasteiger partial charge in [-0.15, -0.1) is 0 Å². The van der Waals surface area contributed by atoms with Crippen LogP contribution in [-0.4, -0.2) is 71.4 Å². The van der Waals surface area contributed by atoms with E-state index in [1.165, 1.54) is 30.3 Å². The van der Waals surface area contributed by atoms with Crippen molar-refractivity contribution >= 4 is 28.7 Å². The Bertz CT molecular complexity index is 847. The molecular formula is C22H29N3O5. The lowest BCUT2D eigenvalue weighted by Gasteiger charge is -2.26. The highest BCUT2D eigenvalue weighted by molar-refractivity contribution is 5.89. The lowest BCUT2D eigenvalue weighted by Crippen LogP contribution is -2.36. The molecule has 0 unspecified atom stereocenters. The van der Waals surface area contributed by atoms with Crippen LogP contribution in [-0.2, 0) is 14.3 Å². The zero-order valence-electron chi connectivity index (χ0n) is 17.2. The lowest BCUT2D eigenvalue weighted by atomic mass is 10.1. The molecule has 3 rings (SSSR count). The molecular weight excluding hydrogens is 386 g/mol. The topological polar surface area (TPSA) is 112 Å². The van der Waals surface area contributed by atoms with Crippen LogP contribution in [0.5, 0.6) is 0 Å². The number of ether oxygens (including phenoxy) is 1. The number of carboxylic acids is 2.